The summed E-state index contributed by atoms with van der Waals surface area (Å²) in [5, 5.41) is 35.3. The van der Waals surface area contributed by atoms with Crippen LogP contribution in [0.5, 0.6) is 0 Å². The van der Waals surface area contributed by atoms with Gasteiger partial charge in [0.1, 0.15) is 17.6 Å². The predicted octanol–water partition coefficient (Wildman–Crippen LogP) is 3.01. The fourth-order valence-corrected chi connectivity index (χ4v) is 4.17. The molecular formula is C21H19F3N6O2. The first-order chi connectivity index (χ1) is 15.2. The van der Waals surface area contributed by atoms with Crippen LogP contribution in [0, 0.1) is 28.5 Å². The van der Waals surface area contributed by atoms with E-state index in [9.17, 15) is 14.3 Å². The van der Waals surface area contributed by atoms with Gasteiger partial charge in [0.05, 0.1) is 42.4 Å². The zero-order valence-corrected chi connectivity index (χ0v) is 16.9. The second kappa shape index (κ2) is 7.84. The summed E-state index contributed by atoms with van der Waals surface area (Å²) in [5.41, 5.74) is -1.30. The number of benzene rings is 1. The van der Waals surface area contributed by atoms with Crippen molar-refractivity contribution in [3.05, 3.63) is 46.5 Å². The first-order valence-electron chi connectivity index (χ1n) is 9.97. The molecule has 2 N–H and O–H groups in total. The number of carbonyl (C=O) groups excluding carboxylic acids is 1. The van der Waals surface area contributed by atoms with Crippen molar-refractivity contribution in [3.8, 4) is 12.1 Å². The van der Waals surface area contributed by atoms with Crippen molar-refractivity contribution in [2.75, 3.05) is 11.9 Å². The Morgan fingerprint density at radius 1 is 1.31 bits per heavy atom. The molecule has 4 rings (SSSR count). The molecule has 0 saturated heterocycles. The second-order valence-corrected chi connectivity index (χ2v) is 8.10. The van der Waals surface area contributed by atoms with E-state index in [2.05, 4.69) is 10.4 Å². The minimum atomic E-state index is -3.28. The lowest BCUT2D eigenvalue weighted by Crippen LogP contribution is -2.39. The van der Waals surface area contributed by atoms with E-state index in [0.29, 0.717) is 5.69 Å². The normalized spacial score (nSPS) is 21.5. The van der Waals surface area contributed by atoms with Crippen molar-refractivity contribution in [1.82, 2.24) is 14.7 Å². The maximum Gasteiger partial charge on any atom is 0.322 e. The number of halogens is 3. The highest BCUT2D eigenvalue weighted by Crippen LogP contribution is 2.43. The summed E-state index contributed by atoms with van der Waals surface area (Å²) >= 11 is 0. The molecule has 3 heterocycles. The average Bonchev–Trinajstić information content (AvgIpc) is 3.07. The maximum atomic E-state index is 15.0. The number of aliphatic hydroxyl groups is 1. The molecule has 8 nitrogen and oxygen atoms in total. The van der Waals surface area contributed by atoms with Gasteiger partial charge in [0.15, 0.2) is 0 Å². The molecule has 2 aromatic rings. The molecule has 0 aliphatic carbocycles. The fourth-order valence-electron chi connectivity index (χ4n) is 4.17. The molecule has 1 aromatic heterocycles. The highest BCUT2D eigenvalue weighted by atomic mass is 19.3. The number of amides is 2. The standard InChI is InChI=1S/C21H19F3N6O2/c22-16-2-1-14(9-13(16)10-26)27-19(31)29-8-3-17-15(11-29)18-21(23,24)5-4-20(32,6-7-25)12-30(18)28-17/h1-2,9,32H,3-6,8,11-12H2,(H,27,31)/t20-/m0/s1. The minimum absolute atomic E-state index is 0.116. The summed E-state index contributed by atoms with van der Waals surface area (Å²) in [6, 6.07) is 6.51. The summed E-state index contributed by atoms with van der Waals surface area (Å²) in [5.74, 6) is -3.99. The van der Waals surface area contributed by atoms with Gasteiger partial charge in [0, 0.05) is 30.6 Å². The molecule has 0 saturated carbocycles. The summed E-state index contributed by atoms with van der Waals surface area (Å²) in [6.07, 6.45) is -0.935. The first kappa shape index (κ1) is 21.7. The van der Waals surface area contributed by atoms with E-state index in [1.165, 1.54) is 17.0 Å². The highest BCUT2D eigenvalue weighted by molar-refractivity contribution is 5.89. The van der Waals surface area contributed by atoms with E-state index in [1.54, 1.807) is 6.07 Å². The van der Waals surface area contributed by atoms with Crippen molar-refractivity contribution in [1.29, 1.82) is 10.5 Å². The molecule has 0 bridgehead atoms. The number of nitrogens with one attached hydrogen (secondary N) is 1. The van der Waals surface area contributed by atoms with E-state index >= 15 is 8.78 Å². The van der Waals surface area contributed by atoms with E-state index < -0.39 is 29.8 Å². The lowest BCUT2D eigenvalue weighted by Gasteiger charge is -2.28. The molecule has 11 heteroatoms. The molecule has 32 heavy (non-hydrogen) atoms. The molecule has 1 atom stereocenters. The Bertz CT molecular complexity index is 1170. The molecular weight excluding hydrogens is 425 g/mol. The Hall–Kier alpha value is -3.57. The molecule has 2 aliphatic rings. The number of rotatable bonds is 2. The van der Waals surface area contributed by atoms with Gasteiger partial charge in [-0.15, -0.1) is 0 Å². The SMILES string of the molecule is N#CC[C@@]1(O)CCC(F)(F)c2c3c(nn2C1)CCN(C(=O)Nc1ccc(F)c(C#N)c1)C3. The van der Waals surface area contributed by atoms with Crippen LogP contribution in [0.4, 0.5) is 23.7 Å². The molecule has 0 spiro atoms. The number of nitriles is 2. The van der Waals surface area contributed by atoms with Crippen LogP contribution >= 0.6 is 0 Å². The Labute approximate surface area is 181 Å². The summed E-state index contributed by atoms with van der Waals surface area (Å²) in [4.78, 5) is 14.1. The smallest absolute Gasteiger partial charge is 0.322 e. The monoisotopic (exact) mass is 444 g/mol. The van der Waals surface area contributed by atoms with E-state index in [-0.39, 0.29) is 61.4 Å². The lowest BCUT2D eigenvalue weighted by atomic mass is 9.93. The number of urea groups is 1. The van der Waals surface area contributed by atoms with Gasteiger partial charge in [0.2, 0.25) is 0 Å². The summed E-state index contributed by atoms with van der Waals surface area (Å²) in [7, 11) is 0. The number of fused-ring (bicyclic) bond motifs is 3. The van der Waals surface area contributed by atoms with Gasteiger partial charge in [0.25, 0.3) is 5.92 Å². The van der Waals surface area contributed by atoms with Gasteiger partial charge in [-0.2, -0.15) is 24.4 Å². The number of anilines is 1. The van der Waals surface area contributed by atoms with E-state index in [1.807, 2.05) is 6.07 Å². The first-order valence-corrected chi connectivity index (χ1v) is 9.97. The van der Waals surface area contributed by atoms with Crippen molar-refractivity contribution < 1.29 is 23.1 Å². The van der Waals surface area contributed by atoms with Crippen LogP contribution in [-0.4, -0.2) is 38.0 Å². The third kappa shape index (κ3) is 3.87. The van der Waals surface area contributed by atoms with Crippen molar-refractivity contribution in [2.45, 2.75) is 50.3 Å². The molecule has 166 valence electrons. The Morgan fingerprint density at radius 3 is 2.81 bits per heavy atom. The Kier molecular flexibility index (Phi) is 5.31. The lowest BCUT2D eigenvalue weighted by molar-refractivity contribution is -0.0394. The molecule has 0 radical (unpaired) electrons. The van der Waals surface area contributed by atoms with Crippen LogP contribution in [0.3, 0.4) is 0 Å². The highest BCUT2D eigenvalue weighted by Gasteiger charge is 2.47. The van der Waals surface area contributed by atoms with Crippen molar-refractivity contribution in [3.63, 3.8) is 0 Å². The average molecular weight is 444 g/mol. The quantitative estimate of drug-likeness (QED) is 0.738. The van der Waals surface area contributed by atoms with Gasteiger partial charge in [-0.3, -0.25) is 4.68 Å². The number of nitrogens with zero attached hydrogens (tertiary/aromatic N) is 5. The van der Waals surface area contributed by atoms with E-state index in [4.69, 9.17) is 10.5 Å². The van der Waals surface area contributed by atoms with Gasteiger partial charge < -0.3 is 15.3 Å². The molecule has 2 amide bonds. The van der Waals surface area contributed by atoms with Gasteiger partial charge in [-0.05, 0) is 24.6 Å². The van der Waals surface area contributed by atoms with Gasteiger partial charge in [-0.1, -0.05) is 0 Å². The molecule has 0 fully saturated rings. The number of hydrogen-bond donors (Lipinski definition) is 2. The molecule has 0 unspecified atom stereocenters. The van der Waals surface area contributed by atoms with Crippen LogP contribution in [-0.2, 0) is 25.4 Å². The number of carbonyl (C=O) groups is 1. The zero-order valence-electron chi connectivity index (χ0n) is 16.9. The molecule has 1 aromatic carbocycles. The van der Waals surface area contributed by atoms with Crippen LogP contribution in [0.25, 0.3) is 0 Å². The van der Waals surface area contributed by atoms with Crippen LogP contribution in [0.2, 0.25) is 0 Å². The zero-order chi connectivity index (χ0) is 23.1. The van der Waals surface area contributed by atoms with Gasteiger partial charge in [-0.25, -0.2) is 9.18 Å². The molecule has 2 aliphatic heterocycles. The topological polar surface area (TPSA) is 118 Å². The third-order valence-corrected chi connectivity index (χ3v) is 5.83. The minimum Gasteiger partial charge on any atom is -0.387 e. The summed E-state index contributed by atoms with van der Waals surface area (Å²) in [6.45, 7) is -0.123. The second-order valence-electron chi connectivity index (χ2n) is 8.10. The summed E-state index contributed by atoms with van der Waals surface area (Å²) < 4.78 is 44.6. The fraction of sp³-hybridized carbons (Fsp3) is 0.429. The number of alkyl halides is 2. The van der Waals surface area contributed by atoms with Crippen molar-refractivity contribution >= 4 is 11.7 Å². The Morgan fingerprint density at radius 2 is 2.09 bits per heavy atom. The number of hydrogen-bond acceptors (Lipinski definition) is 5. The van der Waals surface area contributed by atoms with Gasteiger partial charge >= 0.3 is 6.03 Å². The van der Waals surface area contributed by atoms with Crippen LogP contribution in [0.15, 0.2) is 18.2 Å². The van der Waals surface area contributed by atoms with Crippen LogP contribution < -0.4 is 5.32 Å². The van der Waals surface area contributed by atoms with E-state index in [0.717, 1.165) is 10.7 Å². The van der Waals surface area contributed by atoms with Crippen molar-refractivity contribution in [2.24, 2.45) is 0 Å². The largest absolute Gasteiger partial charge is 0.387 e. The van der Waals surface area contributed by atoms with Crippen LogP contribution in [0.1, 0.15) is 41.8 Å². The maximum absolute atomic E-state index is 15.0. The predicted molar refractivity (Wildman–Crippen MR) is 105 cm³/mol. The Balaban J connectivity index is 1.59. The third-order valence-electron chi connectivity index (χ3n) is 5.83. The number of aromatic nitrogens is 2.